The molecule has 0 bridgehead atoms. The van der Waals surface area contributed by atoms with Gasteiger partial charge in [-0.25, -0.2) is 4.98 Å². The highest BCUT2D eigenvalue weighted by Crippen LogP contribution is 2.54. The highest BCUT2D eigenvalue weighted by atomic mass is 16.5. The number of aromatic hydroxyl groups is 1. The lowest BCUT2D eigenvalue weighted by Gasteiger charge is -2.40. The first-order chi connectivity index (χ1) is 15.5. The van der Waals surface area contributed by atoms with Gasteiger partial charge in [0.25, 0.3) is 5.56 Å². The lowest BCUT2D eigenvalue weighted by molar-refractivity contribution is -0.123. The Morgan fingerprint density at radius 1 is 1.33 bits per heavy atom. The molecule has 33 heavy (non-hydrogen) atoms. The third-order valence-corrected chi connectivity index (χ3v) is 7.47. The number of amides is 1. The maximum atomic E-state index is 13.8. The third kappa shape index (κ3) is 2.91. The number of rotatable bonds is 4. The molecule has 1 amide bonds. The number of carbonyl (C=O) groups excluding carboxylic acids is 1. The van der Waals surface area contributed by atoms with Crippen LogP contribution in [0, 0.1) is 5.41 Å². The number of benzene rings is 1. The molecule has 7 heteroatoms. The molecule has 1 aromatic carbocycles. The van der Waals surface area contributed by atoms with Crippen LogP contribution in [0.1, 0.15) is 56.6 Å². The van der Waals surface area contributed by atoms with Gasteiger partial charge in [0.05, 0.1) is 16.8 Å². The lowest BCUT2D eigenvalue weighted by atomic mass is 9.60. The number of anilines is 1. The van der Waals surface area contributed by atoms with E-state index in [1.54, 1.807) is 10.6 Å². The largest absolute Gasteiger partial charge is 0.492 e. The number of nitrogens with one attached hydrogen (secondary N) is 1. The number of hydrogen-bond donors (Lipinski definition) is 2. The Morgan fingerprint density at radius 3 is 2.82 bits per heavy atom. The second kappa shape index (κ2) is 6.83. The van der Waals surface area contributed by atoms with Crippen LogP contribution in [0.5, 0.6) is 11.6 Å². The molecule has 0 saturated heterocycles. The van der Waals surface area contributed by atoms with Gasteiger partial charge < -0.3 is 19.7 Å². The van der Waals surface area contributed by atoms with Crippen molar-refractivity contribution in [2.45, 2.75) is 64.5 Å². The fourth-order valence-electron chi connectivity index (χ4n) is 5.40. The van der Waals surface area contributed by atoms with E-state index in [9.17, 15) is 14.7 Å². The molecule has 0 unspecified atom stereocenters. The quantitative estimate of drug-likeness (QED) is 0.697. The van der Waals surface area contributed by atoms with Crippen molar-refractivity contribution < 1.29 is 14.6 Å². The lowest BCUT2D eigenvalue weighted by Crippen LogP contribution is -2.49. The van der Waals surface area contributed by atoms with E-state index in [4.69, 9.17) is 4.74 Å². The van der Waals surface area contributed by atoms with Crippen LogP contribution in [0.2, 0.25) is 0 Å². The van der Waals surface area contributed by atoms with E-state index in [0.29, 0.717) is 30.1 Å². The minimum atomic E-state index is -1.13. The Labute approximate surface area is 192 Å². The van der Waals surface area contributed by atoms with Crippen LogP contribution in [0.3, 0.4) is 0 Å². The van der Waals surface area contributed by atoms with Gasteiger partial charge in [0.15, 0.2) is 0 Å². The molecule has 4 heterocycles. The van der Waals surface area contributed by atoms with E-state index in [1.165, 1.54) is 0 Å². The fourth-order valence-corrected chi connectivity index (χ4v) is 5.40. The zero-order valence-electron chi connectivity index (χ0n) is 19.5. The zero-order valence-corrected chi connectivity index (χ0v) is 19.5. The van der Waals surface area contributed by atoms with Crippen molar-refractivity contribution in [1.29, 1.82) is 0 Å². The normalized spacial score (nSPS) is 22.2. The summed E-state index contributed by atoms with van der Waals surface area (Å²) in [5, 5.41) is 13.6. The standard InChI is InChI=1S/C26H29N3O4/c1-6-24(2,3)26(14-17-22(31)29-13-7-8-18(29)21(30)27-17)16-9-10-19-15(20(16)28-23(26)32)11-12-25(4,5)33-19/h6,9-12,30H,1,7-8,13-14H2,2-5H3,(H,28,32)/t26-/m1/s1. The van der Waals surface area contributed by atoms with E-state index in [0.717, 1.165) is 17.5 Å². The number of carbonyl (C=O) groups is 1. The molecule has 5 rings (SSSR count). The Morgan fingerprint density at radius 2 is 2.09 bits per heavy atom. The average Bonchev–Trinajstić information content (AvgIpc) is 3.35. The molecule has 7 nitrogen and oxygen atoms in total. The Balaban J connectivity index is 1.72. The van der Waals surface area contributed by atoms with Crippen molar-refractivity contribution in [1.82, 2.24) is 9.55 Å². The molecule has 0 saturated carbocycles. The molecule has 2 N–H and O–H groups in total. The Kier molecular flexibility index (Phi) is 4.45. The van der Waals surface area contributed by atoms with Gasteiger partial charge >= 0.3 is 0 Å². The molecule has 0 radical (unpaired) electrons. The van der Waals surface area contributed by atoms with Gasteiger partial charge in [-0.1, -0.05) is 26.0 Å². The summed E-state index contributed by atoms with van der Waals surface area (Å²) in [6, 6.07) is 3.78. The van der Waals surface area contributed by atoms with Crippen LogP contribution in [0.25, 0.3) is 6.08 Å². The van der Waals surface area contributed by atoms with E-state index < -0.39 is 16.4 Å². The summed E-state index contributed by atoms with van der Waals surface area (Å²) in [7, 11) is 0. The number of fused-ring (bicyclic) bond motifs is 4. The summed E-state index contributed by atoms with van der Waals surface area (Å²) in [4.78, 5) is 31.3. The third-order valence-electron chi connectivity index (χ3n) is 7.47. The maximum absolute atomic E-state index is 13.8. The SMILES string of the molecule is C=CC(C)(C)[C@@]1(Cc2nc(O)c3n(c2=O)CCC3)C(=O)Nc2c1ccc1c2C=CC(C)(C)O1. The summed E-state index contributed by atoms with van der Waals surface area (Å²) in [6.45, 7) is 12.4. The molecule has 2 aromatic rings. The van der Waals surface area contributed by atoms with Crippen LogP contribution in [0.4, 0.5) is 5.69 Å². The van der Waals surface area contributed by atoms with E-state index in [2.05, 4.69) is 16.9 Å². The van der Waals surface area contributed by atoms with Crippen LogP contribution in [0.15, 0.2) is 35.7 Å². The van der Waals surface area contributed by atoms with E-state index >= 15 is 0 Å². The van der Waals surface area contributed by atoms with Gasteiger partial charge in [-0.3, -0.25) is 9.59 Å². The zero-order chi connectivity index (χ0) is 23.8. The van der Waals surface area contributed by atoms with Gasteiger partial charge in [-0.15, -0.1) is 6.58 Å². The molecular weight excluding hydrogens is 418 g/mol. The summed E-state index contributed by atoms with van der Waals surface area (Å²) in [5.74, 6) is 0.346. The summed E-state index contributed by atoms with van der Waals surface area (Å²) in [5.41, 5.74) is 0.473. The maximum Gasteiger partial charge on any atom is 0.272 e. The number of aromatic nitrogens is 2. The van der Waals surface area contributed by atoms with E-state index in [1.807, 2.05) is 52.0 Å². The second-order valence-corrected chi connectivity index (χ2v) is 10.3. The number of ether oxygens (including phenoxy) is 1. The molecule has 1 atom stereocenters. The predicted octanol–water partition coefficient (Wildman–Crippen LogP) is 3.72. The first kappa shape index (κ1) is 21.5. The van der Waals surface area contributed by atoms with Crippen LogP contribution >= 0.6 is 0 Å². The summed E-state index contributed by atoms with van der Waals surface area (Å²) in [6.07, 6.45) is 7.15. The minimum absolute atomic E-state index is 0.0480. The molecule has 3 aliphatic rings. The summed E-state index contributed by atoms with van der Waals surface area (Å²) >= 11 is 0. The highest BCUT2D eigenvalue weighted by molar-refractivity contribution is 6.09. The van der Waals surface area contributed by atoms with Gasteiger partial charge in [-0.05, 0) is 50.5 Å². The monoisotopic (exact) mass is 447 g/mol. The number of allylic oxidation sites excluding steroid dienone is 1. The average molecular weight is 448 g/mol. The predicted molar refractivity (Wildman–Crippen MR) is 127 cm³/mol. The van der Waals surface area contributed by atoms with Gasteiger partial charge in [0.2, 0.25) is 11.8 Å². The molecule has 3 aliphatic heterocycles. The molecule has 0 spiro atoms. The molecule has 0 fully saturated rings. The van der Waals surface area contributed by atoms with Crippen molar-refractivity contribution in [2.75, 3.05) is 5.32 Å². The van der Waals surface area contributed by atoms with E-state index in [-0.39, 0.29) is 29.5 Å². The highest BCUT2D eigenvalue weighted by Gasteiger charge is 2.57. The number of nitrogens with zero attached hydrogens (tertiary/aromatic N) is 2. The summed E-state index contributed by atoms with van der Waals surface area (Å²) < 4.78 is 7.70. The van der Waals surface area contributed by atoms with Crippen molar-refractivity contribution in [2.24, 2.45) is 5.41 Å². The molecule has 172 valence electrons. The molecule has 0 aliphatic carbocycles. The number of hydrogen-bond acceptors (Lipinski definition) is 5. The molecule has 1 aromatic heterocycles. The Hall–Kier alpha value is -3.35. The van der Waals surface area contributed by atoms with Crippen LogP contribution in [-0.4, -0.2) is 26.2 Å². The van der Waals surface area contributed by atoms with Gasteiger partial charge in [0, 0.05) is 23.9 Å². The second-order valence-electron chi connectivity index (χ2n) is 10.3. The Bertz CT molecular complexity index is 1300. The molecular formula is C26H29N3O4. The topological polar surface area (TPSA) is 93.5 Å². The van der Waals surface area contributed by atoms with Crippen molar-refractivity contribution in [3.05, 3.63) is 63.7 Å². The fraction of sp³-hybridized carbons (Fsp3) is 0.423. The van der Waals surface area contributed by atoms with Crippen molar-refractivity contribution in [3.8, 4) is 11.6 Å². The van der Waals surface area contributed by atoms with Gasteiger partial charge in [0.1, 0.15) is 17.0 Å². The first-order valence-electron chi connectivity index (χ1n) is 11.3. The first-order valence-corrected chi connectivity index (χ1v) is 11.3. The van der Waals surface area contributed by atoms with Gasteiger partial charge in [-0.2, -0.15) is 0 Å². The smallest absolute Gasteiger partial charge is 0.272 e. The van der Waals surface area contributed by atoms with Crippen molar-refractivity contribution >= 4 is 17.7 Å². The van der Waals surface area contributed by atoms with Crippen LogP contribution in [-0.2, 0) is 29.6 Å². The van der Waals surface area contributed by atoms with Crippen molar-refractivity contribution in [3.63, 3.8) is 0 Å². The minimum Gasteiger partial charge on any atom is -0.492 e. The van der Waals surface area contributed by atoms with Crippen LogP contribution < -0.4 is 15.6 Å².